The monoisotopic (exact) mass is 368 g/mol. The summed E-state index contributed by atoms with van der Waals surface area (Å²) in [5.41, 5.74) is 0.254. The van der Waals surface area contributed by atoms with Gasteiger partial charge in [0.2, 0.25) is 0 Å². The normalized spacial score (nSPS) is 28.5. The first kappa shape index (κ1) is 20.1. The summed E-state index contributed by atoms with van der Waals surface area (Å²) in [6.07, 6.45) is 8.50. The number of hydrogen-bond donors (Lipinski definition) is 0. The van der Waals surface area contributed by atoms with Crippen LogP contribution in [0.5, 0.6) is 0 Å². The van der Waals surface area contributed by atoms with Crippen molar-refractivity contribution in [1.29, 1.82) is 0 Å². The highest BCUT2D eigenvalue weighted by molar-refractivity contribution is 7.91. The lowest BCUT2D eigenvalue weighted by Gasteiger charge is -2.37. The molecule has 2 atom stereocenters. The number of azo groups is 1. The molecule has 0 aliphatic carbocycles. The molecule has 0 N–H and O–H groups in total. The third kappa shape index (κ3) is 5.38. The van der Waals surface area contributed by atoms with Crippen LogP contribution in [-0.2, 0) is 9.84 Å². The summed E-state index contributed by atoms with van der Waals surface area (Å²) < 4.78 is 22.2. The van der Waals surface area contributed by atoms with Crippen molar-refractivity contribution in [2.75, 3.05) is 24.6 Å². The highest BCUT2D eigenvalue weighted by Gasteiger charge is 2.36. The predicted octanol–water partition coefficient (Wildman–Crippen LogP) is 3.05. The lowest BCUT2D eigenvalue weighted by molar-refractivity contribution is 0.150. The quantitative estimate of drug-likeness (QED) is 0.659. The van der Waals surface area contributed by atoms with Crippen LogP contribution in [0, 0.1) is 5.41 Å². The number of allylic oxidation sites excluding steroid dienone is 2. The molecule has 0 radical (unpaired) electrons. The molecule has 25 heavy (non-hydrogen) atoms. The summed E-state index contributed by atoms with van der Waals surface area (Å²) >= 11 is 0. The first-order chi connectivity index (χ1) is 11.4. The Bertz CT molecular complexity index is 640. The van der Waals surface area contributed by atoms with Crippen LogP contribution >= 0.6 is 0 Å². The molecule has 0 saturated carbocycles. The van der Waals surface area contributed by atoms with E-state index < -0.39 is 9.84 Å². The fraction of sp³-hybridized carbons (Fsp3) is 0.778. The van der Waals surface area contributed by atoms with E-state index in [1.807, 2.05) is 12.2 Å². The van der Waals surface area contributed by atoms with Crippen molar-refractivity contribution in [2.24, 2.45) is 15.6 Å². The molecule has 0 spiro atoms. The van der Waals surface area contributed by atoms with Crippen LogP contribution in [0.25, 0.3) is 0 Å². The second-order valence-electron chi connectivity index (χ2n) is 8.87. The molecule has 142 valence electrons. The molecule has 2 unspecified atom stereocenters. The lowest BCUT2D eigenvalue weighted by atomic mass is 9.91. The van der Waals surface area contributed by atoms with Crippen LogP contribution in [0.1, 0.15) is 41.5 Å². The summed E-state index contributed by atoms with van der Waals surface area (Å²) in [6.45, 7) is 14.3. The molecule has 0 amide bonds. The summed E-state index contributed by atoms with van der Waals surface area (Å²) in [5, 5.41) is 8.52. The molecular formula is C18H32N4O2S. The highest BCUT2D eigenvalue weighted by atomic mass is 32.2. The topological polar surface area (TPSA) is 65.3 Å². The molecule has 6 nitrogen and oxygen atoms in total. The molecule has 3 aliphatic heterocycles. The maximum atomic E-state index is 11.1. The van der Waals surface area contributed by atoms with Crippen molar-refractivity contribution >= 4 is 9.84 Å². The van der Waals surface area contributed by atoms with E-state index >= 15 is 0 Å². The van der Waals surface area contributed by atoms with Crippen molar-refractivity contribution in [1.82, 2.24) is 9.80 Å². The fourth-order valence-electron chi connectivity index (χ4n) is 3.02. The summed E-state index contributed by atoms with van der Waals surface area (Å²) in [5.74, 6) is 0.647. The zero-order chi connectivity index (χ0) is 18.9. The minimum atomic E-state index is -2.72. The van der Waals surface area contributed by atoms with Crippen LogP contribution in [0.3, 0.4) is 0 Å². The molecule has 1 saturated heterocycles. The third-order valence-corrected chi connectivity index (χ3v) is 6.21. The Morgan fingerprint density at radius 1 is 0.960 bits per heavy atom. The maximum absolute atomic E-state index is 11.1. The van der Waals surface area contributed by atoms with Gasteiger partial charge in [-0.25, -0.2) is 8.42 Å². The average Bonchev–Trinajstić information content (AvgIpc) is 2.90. The molecule has 7 heteroatoms. The van der Waals surface area contributed by atoms with Crippen molar-refractivity contribution < 1.29 is 8.42 Å². The van der Waals surface area contributed by atoms with Crippen LogP contribution < -0.4 is 0 Å². The van der Waals surface area contributed by atoms with Gasteiger partial charge in [-0.15, -0.1) is 0 Å². The van der Waals surface area contributed by atoms with E-state index in [9.17, 15) is 8.42 Å². The average molecular weight is 369 g/mol. The van der Waals surface area contributed by atoms with E-state index in [0.717, 1.165) is 0 Å². The Kier molecular flexibility index (Phi) is 5.78. The Labute approximate surface area is 152 Å². The number of nitrogens with zero attached hydrogens (tertiary/aromatic N) is 4. The van der Waals surface area contributed by atoms with E-state index in [-0.39, 0.29) is 23.3 Å². The van der Waals surface area contributed by atoms with Crippen LogP contribution in [0.4, 0.5) is 0 Å². The number of sulfone groups is 1. The Balaban J connectivity index is 0.000000181. The predicted molar refractivity (Wildman–Crippen MR) is 102 cm³/mol. The van der Waals surface area contributed by atoms with E-state index in [0.29, 0.717) is 24.6 Å². The highest BCUT2D eigenvalue weighted by Crippen LogP contribution is 2.33. The van der Waals surface area contributed by atoms with Gasteiger partial charge in [-0.2, -0.15) is 10.2 Å². The first-order valence-electron chi connectivity index (χ1n) is 8.88. The molecule has 3 rings (SSSR count). The fourth-order valence-corrected chi connectivity index (χ4v) is 4.22. The SMILES string of the molecule is CC(C)(C)C1N=NC2C=CC=CN21.CC(C)(C)N1CCS(=O)(=O)CC1. The van der Waals surface area contributed by atoms with Gasteiger partial charge in [0.25, 0.3) is 0 Å². The van der Waals surface area contributed by atoms with Gasteiger partial charge >= 0.3 is 0 Å². The lowest BCUT2D eigenvalue weighted by Crippen LogP contribution is -2.49. The zero-order valence-corrected chi connectivity index (χ0v) is 17.1. The van der Waals surface area contributed by atoms with Gasteiger partial charge in [0.15, 0.2) is 16.0 Å². The van der Waals surface area contributed by atoms with Gasteiger partial charge in [0.05, 0.1) is 11.5 Å². The van der Waals surface area contributed by atoms with Crippen molar-refractivity contribution in [3.8, 4) is 0 Å². The molecule has 1 fully saturated rings. The van der Waals surface area contributed by atoms with Crippen LogP contribution in [0.15, 0.2) is 34.7 Å². The van der Waals surface area contributed by atoms with Crippen molar-refractivity contribution in [3.63, 3.8) is 0 Å². The van der Waals surface area contributed by atoms with Crippen LogP contribution in [0.2, 0.25) is 0 Å². The standard InChI is InChI=1S/C10H15N3.C8H17NO2S/c1-10(2,3)9-12-11-8-6-4-5-7-13(8)9;1-8(2,3)9-4-6-12(10,11)7-5-9/h4-9H,1-3H3;4-7H2,1-3H3. The second-order valence-corrected chi connectivity index (χ2v) is 11.2. The first-order valence-corrected chi connectivity index (χ1v) is 10.7. The molecule has 0 bridgehead atoms. The van der Waals surface area contributed by atoms with E-state index in [2.05, 4.69) is 73.8 Å². The van der Waals surface area contributed by atoms with E-state index in [1.54, 1.807) is 0 Å². The minimum absolute atomic E-state index is 0.107. The van der Waals surface area contributed by atoms with Gasteiger partial charge < -0.3 is 4.90 Å². The van der Waals surface area contributed by atoms with Gasteiger partial charge in [-0.1, -0.05) is 26.8 Å². The molecule has 0 aromatic carbocycles. The van der Waals surface area contributed by atoms with E-state index in [4.69, 9.17) is 0 Å². The van der Waals surface area contributed by atoms with E-state index in [1.165, 1.54) is 0 Å². The Hall–Kier alpha value is -1.21. The van der Waals surface area contributed by atoms with Crippen molar-refractivity contribution in [2.45, 2.75) is 59.4 Å². The van der Waals surface area contributed by atoms with Crippen LogP contribution in [-0.4, -0.2) is 60.7 Å². The Morgan fingerprint density at radius 3 is 2.08 bits per heavy atom. The number of rotatable bonds is 0. The molecule has 0 aromatic heterocycles. The van der Waals surface area contributed by atoms with Gasteiger partial charge in [-0.3, -0.25) is 4.90 Å². The summed E-state index contributed by atoms with van der Waals surface area (Å²) in [6, 6.07) is 0. The molecule has 3 aliphatic rings. The molecule has 3 heterocycles. The summed E-state index contributed by atoms with van der Waals surface area (Å²) in [7, 11) is -2.72. The molecular weight excluding hydrogens is 336 g/mol. The second kappa shape index (κ2) is 7.19. The number of hydrogen-bond acceptors (Lipinski definition) is 6. The third-order valence-electron chi connectivity index (χ3n) is 4.60. The summed E-state index contributed by atoms with van der Waals surface area (Å²) in [4.78, 5) is 4.41. The number of fused-ring (bicyclic) bond motifs is 1. The molecule has 0 aromatic rings. The van der Waals surface area contributed by atoms with Gasteiger partial charge in [0, 0.05) is 30.2 Å². The largest absolute Gasteiger partial charge is 0.327 e. The van der Waals surface area contributed by atoms with Gasteiger partial charge in [0.1, 0.15) is 6.17 Å². The maximum Gasteiger partial charge on any atom is 0.162 e. The minimum Gasteiger partial charge on any atom is -0.327 e. The van der Waals surface area contributed by atoms with Crippen molar-refractivity contribution in [3.05, 3.63) is 24.4 Å². The van der Waals surface area contributed by atoms with Gasteiger partial charge in [-0.05, 0) is 32.9 Å². The Morgan fingerprint density at radius 2 is 1.56 bits per heavy atom. The smallest absolute Gasteiger partial charge is 0.162 e. The zero-order valence-electron chi connectivity index (χ0n) is 16.3.